The summed E-state index contributed by atoms with van der Waals surface area (Å²) >= 11 is 11.5. The summed E-state index contributed by atoms with van der Waals surface area (Å²) in [5.41, 5.74) is -0.481. The SMILES string of the molecule is C[C@H](COC[C@@H]1CO1)N(O)c1nc(Cl)nc(C(=O)O)c1Cl.[LiH]. The second kappa shape index (κ2) is 8.31. The van der Waals surface area contributed by atoms with Crippen molar-refractivity contribution in [2.24, 2.45) is 0 Å². The molecule has 1 aliphatic heterocycles. The van der Waals surface area contributed by atoms with Crippen molar-refractivity contribution >= 4 is 53.8 Å². The molecule has 2 heterocycles. The molecule has 0 spiro atoms. The Bertz CT molecular complexity index is 547. The average Bonchev–Trinajstić information content (AvgIpc) is 3.23. The zero-order chi connectivity index (χ0) is 15.6. The number of ether oxygens (including phenoxy) is 2. The molecule has 1 aliphatic rings. The molecule has 1 aromatic rings. The minimum atomic E-state index is -1.37. The van der Waals surface area contributed by atoms with Gasteiger partial charge in [0.15, 0.2) is 11.5 Å². The molecule has 22 heavy (non-hydrogen) atoms. The predicted molar refractivity (Wildman–Crippen MR) is 80.4 cm³/mol. The predicted octanol–water partition coefficient (Wildman–Crippen LogP) is 0.833. The van der Waals surface area contributed by atoms with Crippen LogP contribution in [0.1, 0.15) is 17.4 Å². The van der Waals surface area contributed by atoms with E-state index in [1.54, 1.807) is 6.92 Å². The molecule has 0 amide bonds. The average molecular weight is 346 g/mol. The van der Waals surface area contributed by atoms with Crippen molar-refractivity contribution in [2.75, 3.05) is 24.9 Å². The summed E-state index contributed by atoms with van der Waals surface area (Å²) < 4.78 is 10.3. The van der Waals surface area contributed by atoms with E-state index in [-0.39, 0.29) is 47.7 Å². The van der Waals surface area contributed by atoms with Crippen molar-refractivity contribution in [2.45, 2.75) is 19.1 Å². The third-order valence-electron chi connectivity index (χ3n) is 2.71. The number of hydroxylamine groups is 1. The summed E-state index contributed by atoms with van der Waals surface area (Å²) in [4.78, 5) is 18.3. The molecule has 1 fully saturated rings. The fourth-order valence-corrected chi connectivity index (χ4v) is 1.93. The Balaban J connectivity index is 0.00000242. The number of nitrogens with zero attached hydrogens (tertiary/aromatic N) is 3. The van der Waals surface area contributed by atoms with Gasteiger partial charge in [0, 0.05) is 0 Å². The van der Waals surface area contributed by atoms with Crippen LogP contribution in [0.15, 0.2) is 0 Å². The van der Waals surface area contributed by atoms with E-state index in [9.17, 15) is 10.0 Å². The number of hydrogen-bond acceptors (Lipinski definition) is 7. The first-order valence-electron chi connectivity index (χ1n) is 6.04. The fraction of sp³-hybridized carbons (Fsp3) is 0.545. The van der Waals surface area contributed by atoms with E-state index in [0.717, 1.165) is 0 Å². The molecular formula is C11H14Cl2LiN3O5. The van der Waals surface area contributed by atoms with Crippen LogP contribution in [0.25, 0.3) is 0 Å². The normalized spacial score (nSPS) is 17.5. The van der Waals surface area contributed by atoms with Gasteiger partial charge in [0.25, 0.3) is 0 Å². The van der Waals surface area contributed by atoms with Crippen LogP contribution < -0.4 is 5.06 Å². The van der Waals surface area contributed by atoms with Crippen LogP contribution in [-0.2, 0) is 9.47 Å². The van der Waals surface area contributed by atoms with Crippen molar-refractivity contribution in [1.29, 1.82) is 0 Å². The number of rotatable bonds is 7. The molecule has 0 unspecified atom stereocenters. The van der Waals surface area contributed by atoms with Gasteiger partial charge in [-0.15, -0.1) is 0 Å². The first-order valence-corrected chi connectivity index (χ1v) is 6.79. The molecule has 0 aromatic carbocycles. The van der Waals surface area contributed by atoms with Crippen LogP contribution in [-0.4, -0.2) is 77.1 Å². The summed E-state index contributed by atoms with van der Waals surface area (Å²) in [6.07, 6.45) is 0.111. The van der Waals surface area contributed by atoms with E-state index in [4.69, 9.17) is 37.8 Å². The number of carboxylic acids is 1. The number of aromatic carboxylic acids is 1. The van der Waals surface area contributed by atoms with Gasteiger partial charge < -0.3 is 14.6 Å². The monoisotopic (exact) mass is 345 g/mol. The summed E-state index contributed by atoms with van der Waals surface area (Å²) in [6.45, 7) is 2.93. The standard InChI is InChI=1S/C11H13Cl2N3O5.Li.H/c1-5(2-20-3-6-4-21-6)16(19)9-7(12)8(10(17)18)14-11(13)15-9;;/h5-6,19H,2-4H2,1H3,(H,17,18);;/t5-,6-;;/m1../s1. The van der Waals surface area contributed by atoms with Crippen molar-refractivity contribution in [1.82, 2.24) is 9.97 Å². The van der Waals surface area contributed by atoms with Crippen LogP contribution in [0.4, 0.5) is 5.82 Å². The van der Waals surface area contributed by atoms with Crippen molar-refractivity contribution in [3.63, 3.8) is 0 Å². The Morgan fingerprint density at radius 2 is 2.18 bits per heavy atom. The Hall–Kier alpha value is -0.593. The number of carbonyl (C=O) groups is 1. The number of anilines is 1. The molecule has 0 saturated carbocycles. The van der Waals surface area contributed by atoms with Gasteiger partial charge in [-0.05, 0) is 18.5 Å². The van der Waals surface area contributed by atoms with Gasteiger partial charge in [-0.1, -0.05) is 11.6 Å². The maximum absolute atomic E-state index is 11.0. The first-order chi connectivity index (χ1) is 9.90. The molecule has 2 atom stereocenters. The minimum absolute atomic E-state index is 0. The van der Waals surface area contributed by atoms with Crippen molar-refractivity contribution in [3.8, 4) is 0 Å². The van der Waals surface area contributed by atoms with E-state index in [1.807, 2.05) is 0 Å². The van der Waals surface area contributed by atoms with E-state index < -0.39 is 17.7 Å². The molecule has 11 heteroatoms. The van der Waals surface area contributed by atoms with E-state index in [0.29, 0.717) is 18.3 Å². The Kier molecular flexibility index (Phi) is 7.35. The molecule has 0 aliphatic carbocycles. The van der Waals surface area contributed by atoms with Crippen LogP contribution in [0.5, 0.6) is 0 Å². The molecule has 2 rings (SSSR count). The van der Waals surface area contributed by atoms with Gasteiger partial charge in [-0.2, -0.15) is 4.98 Å². The zero-order valence-electron chi connectivity index (χ0n) is 11.0. The third kappa shape index (κ3) is 4.96. The topological polar surface area (TPSA) is 108 Å². The fourth-order valence-electron chi connectivity index (χ4n) is 1.52. The van der Waals surface area contributed by atoms with Crippen LogP contribution in [0.3, 0.4) is 0 Å². The number of epoxide rings is 1. The van der Waals surface area contributed by atoms with Crippen molar-refractivity contribution < 1.29 is 24.6 Å². The van der Waals surface area contributed by atoms with E-state index in [2.05, 4.69) is 9.97 Å². The second-order valence-corrected chi connectivity index (χ2v) is 5.19. The number of carboxylic acid groups (broad SMARTS) is 1. The molecule has 1 saturated heterocycles. The molecule has 8 nitrogen and oxygen atoms in total. The van der Waals surface area contributed by atoms with Gasteiger partial charge in [-0.3, -0.25) is 5.21 Å². The van der Waals surface area contributed by atoms with E-state index in [1.165, 1.54) is 0 Å². The molecule has 0 bridgehead atoms. The van der Waals surface area contributed by atoms with Gasteiger partial charge >= 0.3 is 24.8 Å². The van der Waals surface area contributed by atoms with Gasteiger partial charge in [-0.25, -0.2) is 14.8 Å². The van der Waals surface area contributed by atoms with Gasteiger partial charge in [0.2, 0.25) is 5.28 Å². The maximum atomic E-state index is 11.0. The Labute approximate surface area is 148 Å². The van der Waals surface area contributed by atoms with Gasteiger partial charge in [0.05, 0.1) is 25.9 Å². The molecule has 118 valence electrons. The number of aromatic nitrogens is 2. The molecule has 0 radical (unpaired) electrons. The van der Waals surface area contributed by atoms with Crippen molar-refractivity contribution in [3.05, 3.63) is 16.0 Å². The van der Waals surface area contributed by atoms with Gasteiger partial charge in [0.1, 0.15) is 11.1 Å². The Morgan fingerprint density at radius 1 is 1.55 bits per heavy atom. The Morgan fingerprint density at radius 3 is 2.73 bits per heavy atom. The van der Waals surface area contributed by atoms with Crippen LogP contribution in [0.2, 0.25) is 10.3 Å². The molecule has 1 aromatic heterocycles. The summed E-state index contributed by atoms with van der Waals surface area (Å²) in [7, 11) is 0. The molecule has 2 N–H and O–H groups in total. The summed E-state index contributed by atoms with van der Waals surface area (Å²) in [6, 6.07) is -0.520. The quantitative estimate of drug-likeness (QED) is 0.324. The molecular weight excluding hydrogens is 332 g/mol. The third-order valence-corrected chi connectivity index (χ3v) is 3.23. The first kappa shape index (κ1) is 19.5. The second-order valence-electron chi connectivity index (χ2n) is 4.47. The van der Waals surface area contributed by atoms with Crippen LogP contribution >= 0.6 is 23.2 Å². The van der Waals surface area contributed by atoms with E-state index >= 15 is 0 Å². The number of hydrogen-bond donors (Lipinski definition) is 2. The summed E-state index contributed by atoms with van der Waals surface area (Å²) in [5.74, 6) is -1.55. The number of halogens is 2. The van der Waals surface area contributed by atoms with Crippen LogP contribution in [0, 0.1) is 0 Å². The zero-order valence-corrected chi connectivity index (χ0v) is 12.5. The summed E-state index contributed by atoms with van der Waals surface area (Å²) in [5, 5.41) is 19.1.